The van der Waals surface area contributed by atoms with Gasteiger partial charge in [-0.25, -0.2) is 4.98 Å². The number of rotatable bonds is 4. The number of nitrogens with zero attached hydrogens (tertiary/aromatic N) is 2. The first kappa shape index (κ1) is 19.8. The maximum Gasteiger partial charge on any atom is 0.274 e. The average Bonchev–Trinajstić information content (AvgIpc) is 2.79. The van der Waals surface area contributed by atoms with Crippen LogP contribution in [0.4, 0.5) is 5.69 Å². The van der Waals surface area contributed by atoms with Gasteiger partial charge in [-0.05, 0) is 54.2 Å². The quantitative estimate of drug-likeness (QED) is 0.707. The van der Waals surface area contributed by atoms with Crippen LogP contribution in [0.25, 0.3) is 0 Å². The Kier molecular flexibility index (Phi) is 5.61. The first-order valence-corrected chi connectivity index (χ1v) is 10.3. The molecule has 1 N–H and O–H groups in total. The summed E-state index contributed by atoms with van der Waals surface area (Å²) in [5.41, 5.74) is 5.87. The lowest BCUT2D eigenvalue weighted by molar-refractivity contribution is 0.0728. The van der Waals surface area contributed by atoms with Gasteiger partial charge in [0.05, 0.1) is 0 Å². The van der Waals surface area contributed by atoms with E-state index in [0.29, 0.717) is 18.8 Å². The zero-order valence-corrected chi connectivity index (χ0v) is 17.3. The molecule has 0 unspecified atom stereocenters. The number of fused-ring (bicyclic) bond motifs is 1. The first-order chi connectivity index (χ1) is 14.6. The highest BCUT2D eigenvalue weighted by Gasteiger charge is 2.23. The fraction of sp³-hybridized carbons (Fsp3) is 0.240. The van der Waals surface area contributed by atoms with Gasteiger partial charge in [0.25, 0.3) is 11.8 Å². The van der Waals surface area contributed by atoms with E-state index in [1.165, 1.54) is 5.56 Å². The summed E-state index contributed by atoms with van der Waals surface area (Å²) < 4.78 is 0. The van der Waals surface area contributed by atoms with Crippen LogP contribution in [0.1, 0.15) is 50.2 Å². The van der Waals surface area contributed by atoms with Crippen molar-refractivity contribution in [3.05, 3.63) is 94.3 Å². The Labute approximate surface area is 176 Å². The molecule has 0 atom stereocenters. The molecule has 0 saturated carbocycles. The van der Waals surface area contributed by atoms with Gasteiger partial charge in [-0.15, -0.1) is 0 Å². The van der Waals surface area contributed by atoms with E-state index in [-0.39, 0.29) is 17.5 Å². The molecular formula is C25H25N3O2. The molecule has 1 aromatic heterocycles. The summed E-state index contributed by atoms with van der Waals surface area (Å²) in [4.78, 5) is 32.1. The number of aromatic nitrogens is 1. The number of pyridine rings is 1. The molecular weight excluding hydrogens is 374 g/mol. The minimum Gasteiger partial charge on any atom is -0.333 e. The molecule has 152 valence electrons. The van der Waals surface area contributed by atoms with E-state index in [1.54, 1.807) is 23.1 Å². The molecule has 2 heterocycles. The van der Waals surface area contributed by atoms with Gasteiger partial charge in [-0.2, -0.15) is 0 Å². The summed E-state index contributed by atoms with van der Waals surface area (Å²) in [6, 6.07) is 19.2. The van der Waals surface area contributed by atoms with Crippen molar-refractivity contribution in [3.63, 3.8) is 0 Å². The highest BCUT2D eigenvalue weighted by molar-refractivity contribution is 6.04. The zero-order valence-electron chi connectivity index (χ0n) is 17.3. The number of carbonyl (C=O) groups excluding carboxylic acids is 2. The van der Waals surface area contributed by atoms with E-state index < -0.39 is 0 Å². The SMILES string of the molecule is CCc1cccc(C)c1NC(=O)c1cccc(C(=O)N2CCc3ccccc3C2)n1. The van der Waals surface area contributed by atoms with Gasteiger partial charge in [0.2, 0.25) is 0 Å². The molecule has 5 heteroatoms. The Morgan fingerprint density at radius 3 is 2.50 bits per heavy atom. The molecule has 4 rings (SSSR count). The monoisotopic (exact) mass is 399 g/mol. The van der Waals surface area contributed by atoms with Gasteiger partial charge < -0.3 is 10.2 Å². The van der Waals surface area contributed by atoms with E-state index in [0.717, 1.165) is 35.2 Å². The maximum absolute atomic E-state index is 13.0. The summed E-state index contributed by atoms with van der Waals surface area (Å²) in [6.07, 6.45) is 1.65. The van der Waals surface area contributed by atoms with E-state index in [4.69, 9.17) is 0 Å². The Morgan fingerprint density at radius 1 is 0.967 bits per heavy atom. The van der Waals surface area contributed by atoms with Crippen molar-refractivity contribution in [1.29, 1.82) is 0 Å². The molecule has 1 aliphatic heterocycles. The Balaban J connectivity index is 1.53. The van der Waals surface area contributed by atoms with Crippen LogP contribution < -0.4 is 5.32 Å². The second-order valence-corrected chi connectivity index (χ2v) is 7.57. The number of nitrogens with one attached hydrogen (secondary N) is 1. The van der Waals surface area contributed by atoms with Crippen LogP contribution in [0, 0.1) is 6.92 Å². The number of carbonyl (C=O) groups is 2. The minimum atomic E-state index is -0.308. The lowest BCUT2D eigenvalue weighted by Crippen LogP contribution is -2.36. The van der Waals surface area contributed by atoms with Gasteiger partial charge in [0.15, 0.2) is 0 Å². The molecule has 0 fully saturated rings. The number of anilines is 1. The molecule has 0 bridgehead atoms. The third-order valence-electron chi connectivity index (χ3n) is 5.60. The Hall–Kier alpha value is -3.47. The van der Waals surface area contributed by atoms with E-state index in [2.05, 4.69) is 29.4 Å². The number of amides is 2. The van der Waals surface area contributed by atoms with Gasteiger partial charge >= 0.3 is 0 Å². The predicted molar refractivity (Wildman–Crippen MR) is 118 cm³/mol. The minimum absolute atomic E-state index is 0.149. The van der Waals surface area contributed by atoms with Crippen LogP contribution >= 0.6 is 0 Å². The van der Waals surface area contributed by atoms with Crippen molar-refractivity contribution < 1.29 is 9.59 Å². The molecule has 1 aliphatic rings. The summed E-state index contributed by atoms with van der Waals surface area (Å²) in [6.45, 7) is 5.24. The van der Waals surface area contributed by atoms with Crippen molar-refractivity contribution >= 4 is 17.5 Å². The second kappa shape index (κ2) is 8.49. The van der Waals surface area contributed by atoms with Gasteiger partial charge in [0, 0.05) is 18.8 Å². The highest BCUT2D eigenvalue weighted by Crippen LogP contribution is 2.22. The summed E-state index contributed by atoms with van der Waals surface area (Å²) >= 11 is 0. The first-order valence-electron chi connectivity index (χ1n) is 10.3. The van der Waals surface area contributed by atoms with Crippen LogP contribution in [0.15, 0.2) is 60.7 Å². The van der Waals surface area contributed by atoms with E-state index in [9.17, 15) is 9.59 Å². The van der Waals surface area contributed by atoms with Crippen LogP contribution in [0.2, 0.25) is 0 Å². The van der Waals surface area contributed by atoms with Crippen LogP contribution in [0.5, 0.6) is 0 Å². The molecule has 5 nitrogen and oxygen atoms in total. The number of aryl methyl sites for hydroxylation is 2. The fourth-order valence-electron chi connectivity index (χ4n) is 3.89. The van der Waals surface area contributed by atoms with Gasteiger partial charge in [0.1, 0.15) is 11.4 Å². The molecule has 0 saturated heterocycles. The topological polar surface area (TPSA) is 62.3 Å². The van der Waals surface area contributed by atoms with Crippen molar-refractivity contribution in [2.45, 2.75) is 33.2 Å². The molecule has 0 aliphatic carbocycles. The van der Waals surface area contributed by atoms with Crippen molar-refractivity contribution in [2.24, 2.45) is 0 Å². The van der Waals surface area contributed by atoms with Gasteiger partial charge in [-0.1, -0.05) is 55.5 Å². The number of para-hydroxylation sites is 1. The van der Waals surface area contributed by atoms with Crippen molar-refractivity contribution in [1.82, 2.24) is 9.88 Å². The third-order valence-corrected chi connectivity index (χ3v) is 5.60. The fourth-order valence-corrected chi connectivity index (χ4v) is 3.89. The standard InChI is InChI=1S/C25H25N3O2/c1-3-18-11-6-8-17(2)23(18)27-24(29)21-12-7-13-22(26-21)25(30)28-15-14-19-9-4-5-10-20(19)16-28/h4-13H,3,14-16H2,1-2H3,(H,27,29). The molecule has 0 radical (unpaired) electrons. The third kappa shape index (κ3) is 3.96. The number of hydrogen-bond acceptors (Lipinski definition) is 3. The van der Waals surface area contributed by atoms with Crippen LogP contribution in [0.3, 0.4) is 0 Å². The van der Waals surface area contributed by atoms with Crippen LogP contribution in [-0.2, 0) is 19.4 Å². The summed E-state index contributed by atoms with van der Waals surface area (Å²) in [7, 11) is 0. The number of benzene rings is 2. The molecule has 30 heavy (non-hydrogen) atoms. The largest absolute Gasteiger partial charge is 0.333 e. The van der Waals surface area contributed by atoms with Gasteiger partial charge in [-0.3, -0.25) is 9.59 Å². The Morgan fingerprint density at radius 2 is 1.70 bits per heavy atom. The predicted octanol–water partition coefficient (Wildman–Crippen LogP) is 4.40. The van der Waals surface area contributed by atoms with E-state index in [1.807, 2.05) is 37.3 Å². The molecule has 2 aromatic carbocycles. The second-order valence-electron chi connectivity index (χ2n) is 7.57. The lowest BCUT2D eigenvalue weighted by atomic mass is 10.00. The van der Waals surface area contributed by atoms with E-state index >= 15 is 0 Å². The molecule has 3 aromatic rings. The normalized spacial score (nSPS) is 12.9. The zero-order chi connectivity index (χ0) is 21.1. The summed E-state index contributed by atoms with van der Waals surface area (Å²) in [5.74, 6) is -0.457. The smallest absolute Gasteiger partial charge is 0.274 e. The molecule has 2 amide bonds. The van der Waals surface area contributed by atoms with Crippen molar-refractivity contribution in [2.75, 3.05) is 11.9 Å². The highest BCUT2D eigenvalue weighted by atomic mass is 16.2. The molecule has 0 spiro atoms. The van der Waals surface area contributed by atoms with Crippen LogP contribution in [-0.4, -0.2) is 28.2 Å². The van der Waals surface area contributed by atoms with Crippen molar-refractivity contribution in [3.8, 4) is 0 Å². The average molecular weight is 399 g/mol. The number of hydrogen-bond donors (Lipinski definition) is 1. The lowest BCUT2D eigenvalue weighted by Gasteiger charge is -2.28. The maximum atomic E-state index is 13.0. The summed E-state index contributed by atoms with van der Waals surface area (Å²) in [5, 5.41) is 2.98. The Bertz CT molecular complexity index is 1110.